The number of nitrogens with two attached hydrogens (primary N) is 3. The molecule has 10 N–H and O–H groups in total. The highest BCUT2D eigenvalue weighted by molar-refractivity contribution is 7.80. The summed E-state index contributed by atoms with van der Waals surface area (Å²) in [5, 5.41) is 16.1. The number of benzene rings is 1. The SMILES string of the molecule is NC(=O)CCC(NC(=O)C(CS)NC(=O)C(CC(N)=O)NC(=O)C(N)Cc1ccccc1)C(=O)O. The van der Waals surface area contributed by atoms with E-state index in [4.69, 9.17) is 17.2 Å². The lowest BCUT2D eigenvalue weighted by Crippen LogP contribution is -2.58. The van der Waals surface area contributed by atoms with Crippen LogP contribution >= 0.6 is 12.6 Å². The molecule has 0 aliphatic heterocycles. The van der Waals surface area contributed by atoms with Crippen LogP contribution in [-0.2, 0) is 35.2 Å². The van der Waals surface area contributed by atoms with Gasteiger partial charge in [-0.3, -0.25) is 24.0 Å². The van der Waals surface area contributed by atoms with Crippen LogP contribution < -0.4 is 33.2 Å². The summed E-state index contributed by atoms with van der Waals surface area (Å²) in [5.74, 6) is -5.86. The fraction of sp³-hybridized carbons (Fsp3) is 0.429. The van der Waals surface area contributed by atoms with Gasteiger partial charge in [-0.15, -0.1) is 0 Å². The molecule has 0 spiro atoms. The Kier molecular flexibility index (Phi) is 12.2. The second kappa shape index (κ2) is 14.6. The molecule has 0 aliphatic rings. The van der Waals surface area contributed by atoms with Gasteiger partial charge in [0.15, 0.2) is 0 Å². The van der Waals surface area contributed by atoms with Gasteiger partial charge in [-0.05, 0) is 18.4 Å². The van der Waals surface area contributed by atoms with Crippen LogP contribution in [0, 0.1) is 0 Å². The van der Waals surface area contributed by atoms with Crippen LogP contribution in [0.4, 0.5) is 0 Å². The zero-order chi connectivity index (χ0) is 26.5. The predicted molar refractivity (Wildman–Crippen MR) is 128 cm³/mol. The maximum Gasteiger partial charge on any atom is 0.326 e. The Balaban J connectivity index is 2.84. The molecule has 35 heavy (non-hydrogen) atoms. The largest absolute Gasteiger partial charge is 0.480 e. The van der Waals surface area contributed by atoms with Crippen LogP contribution in [0.2, 0.25) is 0 Å². The number of carbonyl (C=O) groups excluding carboxylic acids is 5. The zero-order valence-corrected chi connectivity index (χ0v) is 19.7. The van der Waals surface area contributed by atoms with Crippen LogP contribution in [0.15, 0.2) is 30.3 Å². The highest BCUT2D eigenvalue weighted by atomic mass is 32.1. The topological polar surface area (TPSA) is 237 Å². The van der Waals surface area contributed by atoms with E-state index in [2.05, 4.69) is 28.6 Å². The minimum atomic E-state index is -1.44. The van der Waals surface area contributed by atoms with Gasteiger partial charge in [-0.2, -0.15) is 12.6 Å². The van der Waals surface area contributed by atoms with Crippen molar-refractivity contribution < 1.29 is 33.9 Å². The van der Waals surface area contributed by atoms with Crippen molar-refractivity contribution in [2.45, 2.75) is 49.9 Å². The molecule has 0 aromatic heterocycles. The number of rotatable bonds is 15. The van der Waals surface area contributed by atoms with Crippen molar-refractivity contribution in [1.29, 1.82) is 0 Å². The highest BCUT2D eigenvalue weighted by Crippen LogP contribution is 2.04. The molecule has 0 radical (unpaired) electrons. The van der Waals surface area contributed by atoms with E-state index in [-0.39, 0.29) is 25.0 Å². The minimum absolute atomic E-state index is 0.168. The Hall–Kier alpha value is -3.65. The van der Waals surface area contributed by atoms with Crippen molar-refractivity contribution in [2.75, 3.05) is 5.75 Å². The summed E-state index contributed by atoms with van der Waals surface area (Å²) in [6, 6.07) is 3.64. The van der Waals surface area contributed by atoms with Crippen LogP contribution in [0.1, 0.15) is 24.8 Å². The first-order valence-corrected chi connectivity index (χ1v) is 11.2. The molecule has 1 rings (SSSR count). The molecular formula is C21H30N6O7S. The molecule has 0 heterocycles. The maximum absolute atomic E-state index is 12.7. The Morgan fingerprint density at radius 3 is 1.89 bits per heavy atom. The van der Waals surface area contributed by atoms with Gasteiger partial charge in [-0.25, -0.2) is 4.79 Å². The van der Waals surface area contributed by atoms with Gasteiger partial charge in [0.25, 0.3) is 0 Å². The zero-order valence-electron chi connectivity index (χ0n) is 18.8. The third kappa shape index (κ3) is 10.9. The first kappa shape index (κ1) is 29.4. The van der Waals surface area contributed by atoms with Crippen molar-refractivity contribution in [3.63, 3.8) is 0 Å². The standard InChI is InChI=1S/C21H30N6O7S/c22-12(8-11-4-2-1-3-5-11)18(30)26-14(9-17(24)29)19(31)27-15(10-35)20(32)25-13(21(33)34)6-7-16(23)28/h1-5,12-15,35H,6-10,22H2,(H2,23,28)(H2,24,29)(H,25,32)(H,26,30)(H,27,31)(H,33,34). The summed E-state index contributed by atoms with van der Waals surface area (Å²) in [6.07, 6.45) is -0.956. The molecule has 192 valence electrons. The second-order valence-electron chi connectivity index (χ2n) is 7.68. The number of aliphatic carboxylic acids is 1. The van der Waals surface area contributed by atoms with Gasteiger partial charge in [0.1, 0.15) is 18.1 Å². The molecule has 14 heteroatoms. The molecular weight excluding hydrogens is 480 g/mol. The van der Waals surface area contributed by atoms with E-state index in [0.29, 0.717) is 0 Å². The third-order valence-corrected chi connectivity index (χ3v) is 5.15. The first-order valence-electron chi connectivity index (χ1n) is 10.6. The van der Waals surface area contributed by atoms with E-state index in [1.807, 2.05) is 0 Å². The molecule has 0 saturated heterocycles. The van der Waals surface area contributed by atoms with Gasteiger partial charge in [0, 0.05) is 12.2 Å². The normalized spacial score (nSPS) is 14.0. The van der Waals surface area contributed by atoms with Gasteiger partial charge in [0.2, 0.25) is 29.5 Å². The average Bonchev–Trinajstić information content (AvgIpc) is 2.79. The first-order chi connectivity index (χ1) is 16.4. The number of amides is 5. The van der Waals surface area contributed by atoms with Crippen molar-refractivity contribution in [2.24, 2.45) is 17.2 Å². The number of carboxylic acid groups (broad SMARTS) is 1. The van der Waals surface area contributed by atoms with Gasteiger partial charge in [-0.1, -0.05) is 30.3 Å². The summed E-state index contributed by atoms with van der Waals surface area (Å²) in [7, 11) is 0. The number of hydrogen-bond acceptors (Lipinski definition) is 8. The lowest BCUT2D eigenvalue weighted by Gasteiger charge is -2.24. The monoisotopic (exact) mass is 510 g/mol. The van der Waals surface area contributed by atoms with Gasteiger partial charge in [0.05, 0.1) is 12.5 Å². The molecule has 0 bridgehead atoms. The summed E-state index contributed by atoms with van der Waals surface area (Å²) < 4.78 is 0. The number of nitrogens with one attached hydrogen (secondary N) is 3. The van der Waals surface area contributed by atoms with Crippen LogP contribution in [0.25, 0.3) is 0 Å². The summed E-state index contributed by atoms with van der Waals surface area (Å²) in [6.45, 7) is 0. The van der Waals surface area contributed by atoms with Crippen LogP contribution in [-0.4, -0.2) is 70.5 Å². The average molecular weight is 511 g/mol. The fourth-order valence-corrected chi connectivity index (χ4v) is 3.19. The summed E-state index contributed by atoms with van der Waals surface area (Å²) >= 11 is 3.99. The molecule has 1 aromatic rings. The van der Waals surface area contributed by atoms with Crippen molar-refractivity contribution in [3.8, 4) is 0 Å². The number of hydrogen-bond donors (Lipinski definition) is 8. The smallest absolute Gasteiger partial charge is 0.326 e. The molecule has 13 nitrogen and oxygen atoms in total. The molecule has 5 amide bonds. The van der Waals surface area contributed by atoms with E-state index in [9.17, 15) is 33.9 Å². The van der Waals surface area contributed by atoms with Gasteiger partial charge < -0.3 is 38.3 Å². The van der Waals surface area contributed by atoms with Gasteiger partial charge >= 0.3 is 5.97 Å². The van der Waals surface area contributed by atoms with E-state index in [1.165, 1.54) is 0 Å². The Morgan fingerprint density at radius 2 is 1.37 bits per heavy atom. The number of primary amides is 2. The van der Waals surface area contributed by atoms with Crippen molar-refractivity contribution >= 4 is 48.1 Å². The summed E-state index contributed by atoms with van der Waals surface area (Å²) in [4.78, 5) is 71.5. The molecule has 0 aliphatic carbocycles. The van der Waals surface area contributed by atoms with Crippen LogP contribution in [0.5, 0.6) is 0 Å². The Bertz CT molecular complexity index is 930. The molecule has 4 unspecified atom stereocenters. The van der Waals surface area contributed by atoms with E-state index >= 15 is 0 Å². The van der Waals surface area contributed by atoms with E-state index < -0.39 is 66.1 Å². The van der Waals surface area contributed by atoms with Crippen LogP contribution in [0.3, 0.4) is 0 Å². The van der Waals surface area contributed by atoms with E-state index in [0.717, 1.165) is 5.56 Å². The number of carbonyl (C=O) groups is 6. The maximum atomic E-state index is 12.7. The lowest BCUT2D eigenvalue weighted by molar-refractivity contribution is -0.142. The predicted octanol–water partition coefficient (Wildman–Crippen LogP) is -2.83. The van der Waals surface area contributed by atoms with Crippen molar-refractivity contribution in [1.82, 2.24) is 16.0 Å². The minimum Gasteiger partial charge on any atom is -0.480 e. The molecule has 0 saturated carbocycles. The third-order valence-electron chi connectivity index (χ3n) is 4.78. The summed E-state index contributed by atoms with van der Waals surface area (Å²) in [5.41, 5.74) is 16.9. The van der Waals surface area contributed by atoms with Crippen molar-refractivity contribution in [3.05, 3.63) is 35.9 Å². The molecule has 4 atom stereocenters. The molecule has 0 fully saturated rings. The lowest BCUT2D eigenvalue weighted by atomic mass is 10.0. The fourth-order valence-electron chi connectivity index (χ4n) is 2.93. The molecule has 1 aromatic carbocycles. The Labute approximate surface area is 206 Å². The number of thiol groups is 1. The van der Waals surface area contributed by atoms with E-state index in [1.54, 1.807) is 30.3 Å². The highest BCUT2D eigenvalue weighted by Gasteiger charge is 2.30. The number of carboxylic acids is 1. The quantitative estimate of drug-likeness (QED) is 0.114. The Morgan fingerprint density at radius 1 is 0.829 bits per heavy atom. The second-order valence-corrected chi connectivity index (χ2v) is 8.04.